The molecule has 0 radical (unpaired) electrons. The summed E-state index contributed by atoms with van der Waals surface area (Å²) in [6.07, 6.45) is 0. The van der Waals surface area contributed by atoms with Gasteiger partial charge in [0, 0.05) is 18.5 Å². The van der Waals surface area contributed by atoms with Gasteiger partial charge >= 0.3 is 0 Å². The van der Waals surface area contributed by atoms with Crippen LogP contribution in [0.4, 0.5) is 5.13 Å². The molecule has 2 rings (SSSR count). The zero-order valence-electron chi connectivity index (χ0n) is 9.84. The van der Waals surface area contributed by atoms with Crippen LogP contribution in [-0.4, -0.2) is 16.6 Å². The first kappa shape index (κ1) is 12.1. The zero-order chi connectivity index (χ0) is 12.1. The van der Waals surface area contributed by atoms with Crippen LogP contribution in [0.2, 0.25) is 0 Å². The van der Waals surface area contributed by atoms with Gasteiger partial charge in [0.1, 0.15) is 0 Å². The van der Waals surface area contributed by atoms with Crippen molar-refractivity contribution in [2.75, 3.05) is 11.4 Å². The van der Waals surface area contributed by atoms with Gasteiger partial charge in [-0.15, -0.1) is 11.3 Å². The number of aliphatic hydroxyl groups excluding tert-OH is 1. The number of aromatic nitrogens is 1. The Balaban J connectivity index is 2.11. The van der Waals surface area contributed by atoms with Gasteiger partial charge in [0.15, 0.2) is 5.13 Å². The standard InChI is InChI=1S/C13H16N2OS/c1-2-15(8-11-6-4-3-5-7-11)13-14-12(9-16)10-17-13/h3-7,10,16H,2,8-9H2,1H3. The van der Waals surface area contributed by atoms with Crippen LogP contribution in [0.3, 0.4) is 0 Å². The molecule has 0 aliphatic carbocycles. The molecule has 0 aliphatic rings. The van der Waals surface area contributed by atoms with E-state index >= 15 is 0 Å². The highest BCUT2D eigenvalue weighted by molar-refractivity contribution is 7.13. The molecule has 0 atom stereocenters. The molecule has 0 unspecified atom stereocenters. The Kier molecular flexibility index (Phi) is 4.12. The number of thiazole rings is 1. The lowest BCUT2D eigenvalue weighted by atomic mass is 10.2. The first-order valence-corrected chi connectivity index (χ1v) is 6.55. The second kappa shape index (κ2) is 5.80. The van der Waals surface area contributed by atoms with Crippen LogP contribution >= 0.6 is 11.3 Å². The van der Waals surface area contributed by atoms with Crippen LogP contribution in [0.5, 0.6) is 0 Å². The fraction of sp³-hybridized carbons (Fsp3) is 0.308. The van der Waals surface area contributed by atoms with E-state index in [-0.39, 0.29) is 6.61 Å². The van der Waals surface area contributed by atoms with Gasteiger partial charge < -0.3 is 10.0 Å². The summed E-state index contributed by atoms with van der Waals surface area (Å²) < 4.78 is 0. The average molecular weight is 248 g/mol. The van der Waals surface area contributed by atoms with Gasteiger partial charge in [0.2, 0.25) is 0 Å². The van der Waals surface area contributed by atoms with Crippen LogP contribution in [0.25, 0.3) is 0 Å². The smallest absolute Gasteiger partial charge is 0.185 e. The normalized spacial score (nSPS) is 10.5. The highest BCUT2D eigenvalue weighted by Gasteiger charge is 2.09. The second-order valence-electron chi connectivity index (χ2n) is 3.78. The maximum absolute atomic E-state index is 9.02. The fourth-order valence-electron chi connectivity index (χ4n) is 1.63. The summed E-state index contributed by atoms with van der Waals surface area (Å²) in [5.41, 5.74) is 2.02. The minimum atomic E-state index is 0.0133. The van der Waals surface area contributed by atoms with Crippen molar-refractivity contribution in [3.8, 4) is 0 Å². The molecule has 0 bridgehead atoms. The summed E-state index contributed by atoms with van der Waals surface area (Å²) in [6, 6.07) is 10.3. The average Bonchev–Trinajstić information content (AvgIpc) is 2.86. The molecule has 90 valence electrons. The number of anilines is 1. The first-order chi connectivity index (χ1) is 8.33. The molecule has 1 heterocycles. The lowest BCUT2D eigenvalue weighted by Gasteiger charge is -2.19. The lowest BCUT2D eigenvalue weighted by molar-refractivity contribution is 0.277. The molecule has 2 aromatic rings. The molecule has 0 saturated heterocycles. The van der Waals surface area contributed by atoms with E-state index in [1.807, 2.05) is 23.6 Å². The van der Waals surface area contributed by atoms with E-state index in [0.29, 0.717) is 0 Å². The molecular weight excluding hydrogens is 232 g/mol. The number of rotatable bonds is 5. The summed E-state index contributed by atoms with van der Waals surface area (Å²) in [5.74, 6) is 0. The number of hydrogen-bond acceptors (Lipinski definition) is 4. The number of aliphatic hydroxyl groups is 1. The predicted molar refractivity (Wildman–Crippen MR) is 71.2 cm³/mol. The SMILES string of the molecule is CCN(Cc1ccccc1)c1nc(CO)cs1. The van der Waals surface area contributed by atoms with E-state index in [2.05, 4.69) is 28.9 Å². The summed E-state index contributed by atoms with van der Waals surface area (Å²) in [4.78, 5) is 6.60. The van der Waals surface area contributed by atoms with E-state index in [4.69, 9.17) is 5.11 Å². The Morgan fingerprint density at radius 1 is 1.29 bits per heavy atom. The molecule has 0 aliphatic heterocycles. The largest absolute Gasteiger partial charge is 0.390 e. The minimum Gasteiger partial charge on any atom is -0.390 e. The Bertz CT molecular complexity index is 455. The quantitative estimate of drug-likeness (QED) is 0.883. The van der Waals surface area contributed by atoms with Crippen LogP contribution in [-0.2, 0) is 13.2 Å². The van der Waals surface area contributed by atoms with Gasteiger partial charge in [-0.25, -0.2) is 4.98 Å². The van der Waals surface area contributed by atoms with Crippen LogP contribution < -0.4 is 4.90 Å². The molecule has 3 nitrogen and oxygen atoms in total. The lowest BCUT2D eigenvalue weighted by Crippen LogP contribution is -2.21. The van der Waals surface area contributed by atoms with Crippen molar-refractivity contribution in [1.29, 1.82) is 0 Å². The third-order valence-corrected chi connectivity index (χ3v) is 3.52. The van der Waals surface area contributed by atoms with Gasteiger partial charge in [0.05, 0.1) is 12.3 Å². The molecule has 4 heteroatoms. The van der Waals surface area contributed by atoms with Gasteiger partial charge in [-0.05, 0) is 12.5 Å². The maximum Gasteiger partial charge on any atom is 0.185 e. The highest BCUT2D eigenvalue weighted by atomic mass is 32.1. The van der Waals surface area contributed by atoms with Crippen molar-refractivity contribution in [3.63, 3.8) is 0 Å². The van der Waals surface area contributed by atoms with Gasteiger partial charge in [-0.1, -0.05) is 30.3 Å². The van der Waals surface area contributed by atoms with Crippen molar-refractivity contribution in [2.45, 2.75) is 20.1 Å². The highest BCUT2D eigenvalue weighted by Crippen LogP contribution is 2.22. The molecular formula is C13H16N2OS. The summed E-state index contributed by atoms with van der Waals surface area (Å²) in [6.45, 7) is 3.89. The maximum atomic E-state index is 9.02. The Hall–Kier alpha value is -1.39. The molecule has 17 heavy (non-hydrogen) atoms. The van der Waals surface area contributed by atoms with E-state index in [0.717, 1.165) is 23.9 Å². The summed E-state index contributed by atoms with van der Waals surface area (Å²) >= 11 is 1.58. The van der Waals surface area contributed by atoms with Crippen molar-refractivity contribution in [3.05, 3.63) is 47.0 Å². The Morgan fingerprint density at radius 2 is 2.06 bits per heavy atom. The van der Waals surface area contributed by atoms with E-state index in [1.165, 1.54) is 5.56 Å². The summed E-state index contributed by atoms with van der Waals surface area (Å²) in [5, 5.41) is 11.9. The van der Waals surface area contributed by atoms with Crippen LogP contribution in [0.15, 0.2) is 35.7 Å². The van der Waals surface area contributed by atoms with Crippen LogP contribution in [0.1, 0.15) is 18.2 Å². The van der Waals surface area contributed by atoms with Crippen molar-refractivity contribution in [1.82, 2.24) is 4.98 Å². The zero-order valence-corrected chi connectivity index (χ0v) is 10.7. The molecule has 0 fully saturated rings. The van der Waals surface area contributed by atoms with E-state index < -0.39 is 0 Å². The van der Waals surface area contributed by atoms with Gasteiger partial charge in [-0.3, -0.25) is 0 Å². The molecule has 1 N–H and O–H groups in total. The topological polar surface area (TPSA) is 36.4 Å². The van der Waals surface area contributed by atoms with Crippen molar-refractivity contribution in [2.24, 2.45) is 0 Å². The number of hydrogen-bond donors (Lipinski definition) is 1. The van der Waals surface area contributed by atoms with E-state index in [1.54, 1.807) is 11.3 Å². The van der Waals surface area contributed by atoms with Crippen molar-refractivity contribution >= 4 is 16.5 Å². The van der Waals surface area contributed by atoms with Gasteiger partial charge in [-0.2, -0.15) is 0 Å². The molecule has 0 saturated carbocycles. The monoisotopic (exact) mass is 248 g/mol. The first-order valence-electron chi connectivity index (χ1n) is 5.67. The molecule has 0 amide bonds. The molecule has 1 aromatic carbocycles. The third-order valence-electron chi connectivity index (χ3n) is 2.57. The third kappa shape index (κ3) is 3.05. The second-order valence-corrected chi connectivity index (χ2v) is 4.62. The Labute approximate surface area is 105 Å². The predicted octanol–water partition coefficient (Wildman–Crippen LogP) is 2.66. The number of benzene rings is 1. The van der Waals surface area contributed by atoms with Crippen LogP contribution in [0, 0.1) is 0 Å². The minimum absolute atomic E-state index is 0.0133. The number of nitrogens with zero attached hydrogens (tertiary/aromatic N) is 2. The van der Waals surface area contributed by atoms with Gasteiger partial charge in [0.25, 0.3) is 0 Å². The summed E-state index contributed by atoms with van der Waals surface area (Å²) in [7, 11) is 0. The van der Waals surface area contributed by atoms with Crippen molar-refractivity contribution < 1.29 is 5.11 Å². The van der Waals surface area contributed by atoms with E-state index in [9.17, 15) is 0 Å². The molecule has 0 spiro atoms. The fourth-order valence-corrected chi connectivity index (χ4v) is 2.51. The Morgan fingerprint density at radius 3 is 2.65 bits per heavy atom. The molecule has 1 aromatic heterocycles.